The van der Waals surface area contributed by atoms with Gasteiger partial charge in [0, 0.05) is 6.04 Å². The number of nitrogens with two attached hydrogens (primary N) is 1. The third-order valence-electron chi connectivity index (χ3n) is 2.52. The van der Waals surface area contributed by atoms with E-state index in [2.05, 4.69) is 0 Å². The summed E-state index contributed by atoms with van der Waals surface area (Å²) in [6.45, 7) is 0. The highest BCUT2D eigenvalue weighted by Crippen LogP contribution is 2.39. The first-order chi connectivity index (χ1) is 6.59. The van der Waals surface area contributed by atoms with E-state index >= 15 is 0 Å². The number of hydrogen-bond acceptors (Lipinski definition) is 1. The van der Waals surface area contributed by atoms with Gasteiger partial charge in [0.1, 0.15) is 11.6 Å². The fraction of sp³-hybridized carbons (Fsp3) is 0.400. The second-order valence-corrected chi connectivity index (χ2v) is 4.74. The Balaban J connectivity index is 2.34. The van der Waals surface area contributed by atoms with Gasteiger partial charge in [-0.25, -0.2) is 8.78 Å². The van der Waals surface area contributed by atoms with Crippen LogP contribution in [-0.2, 0) is 0 Å². The number of halogens is 3. The highest BCUT2D eigenvalue weighted by molar-refractivity contribution is 14.1. The third-order valence-corrected chi connectivity index (χ3v) is 3.55. The minimum absolute atomic E-state index is 0.0364. The zero-order valence-corrected chi connectivity index (χ0v) is 9.59. The summed E-state index contributed by atoms with van der Waals surface area (Å²) in [5.74, 6) is -0.623. The van der Waals surface area contributed by atoms with Crippen LogP contribution in [0.3, 0.4) is 0 Å². The van der Waals surface area contributed by atoms with Crippen molar-refractivity contribution in [1.29, 1.82) is 0 Å². The van der Waals surface area contributed by atoms with Crippen molar-refractivity contribution in [3.63, 3.8) is 0 Å². The van der Waals surface area contributed by atoms with Crippen molar-refractivity contribution in [2.45, 2.75) is 18.9 Å². The molecule has 14 heavy (non-hydrogen) atoms. The van der Waals surface area contributed by atoms with Crippen molar-refractivity contribution in [1.82, 2.24) is 0 Å². The van der Waals surface area contributed by atoms with Crippen LogP contribution < -0.4 is 5.73 Å². The number of hydrogen-bond donors (Lipinski definition) is 1. The van der Waals surface area contributed by atoms with Crippen LogP contribution in [0.25, 0.3) is 0 Å². The highest BCUT2D eigenvalue weighted by Gasteiger charge is 2.30. The molecule has 0 aromatic heterocycles. The van der Waals surface area contributed by atoms with Crippen molar-refractivity contribution >= 4 is 22.6 Å². The van der Waals surface area contributed by atoms with Gasteiger partial charge in [0.2, 0.25) is 0 Å². The summed E-state index contributed by atoms with van der Waals surface area (Å²) in [4.78, 5) is 0. The van der Waals surface area contributed by atoms with Crippen LogP contribution in [0.4, 0.5) is 8.78 Å². The zero-order valence-electron chi connectivity index (χ0n) is 7.43. The molecule has 0 spiro atoms. The highest BCUT2D eigenvalue weighted by atomic mass is 127. The van der Waals surface area contributed by atoms with E-state index in [0.29, 0.717) is 11.5 Å². The molecule has 1 atom stereocenters. The van der Waals surface area contributed by atoms with Crippen molar-refractivity contribution in [3.05, 3.63) is 32.9 Å². The predicted molar refractivity (Wildman–Crippen MR) is 58.7 cm³/mol. The van der Waals surface area contributed by atoms with Crippen LogP contribution in [-0.4, -0.2) is 0 Å². The van der Waals surface area contributed by atoms with Crippen molar-refractivity contribution in [2.75, 3.05) is 0 Å². The Morgan fingerprint density at radius 1 is 1.29 bits per heavy atom. The Hall–Kier alpha value is -0.230. The van der Waals surface area contributed by atoms with Crippen LogP contribution in [0, 0.1) is 21.1 Å². The summed E-state index contributed by atoms with van der Waals surface area (Å²) in [6, 6.07) is 2.47. The molecule has 2 rings (SSSR count). The van der Waals surface area contributed by atoms with Gasteiger partial charge in [0.25, 0.3) is 0 Å². The lowest BCUT2D eigenvalue weighted by molar-refractivity contribution is 0.553. The molecule has 0 bridgehead atoms. The summed E-state index contributed by atoms with van der Waals surface area (Å²) >= 11 is 1.65. The van der Waals surface area contributed by atoms with Gasteiger partial charge < -0.3 is 5.73 Å². The molecule has 76 valence electrons. The quantitative estimate of drug-likeness (QED) is 0.660. The van der Waals surface area contributed by atoms with E-state index < -0.39 is 11.6 Å². The first-order valence-electron chi connectivity index (χ1n) is 4.49. The maximum Gasteiger partial charge on any atom is 0.139 e. The molecule has 1 aromatic carbocycles. The SMILES string of the molecule is N[C@H](c1cc(F)c(I)c(F)c1)C1CC1. The van der Waals surface area contributed by atoms with E-state index in [-0.39, 0.29) is 9.61 Å². The Morgan fingerprint density at radius 3 is 2.21 bits per heavy atom. The molecular formula is C10H10F2IN. The average molecular weight is 309 g/mol. The first-order valence-corrected chi connectivity index (χ1v) is 5.57. The van der Waals surface area contributed by atoms with Crippen molar-refractivity contribution in [3.8, 4) is 0 Å². The van der Waals surface area contributed by atoms with Gasteiger partial charge in [-0.3, -0.25) is 0 Å². The maximum atomic E-state index is 13.2. The van der Waals surface area contributed by atoms with E-state index in [9.17, 15) is 8.78 Å². The molecule has 0 radical (unpaired) electrons. The van der Waals surface area contributed by atoms with Gasteiger partial charge >= 0.3 is 0 Å². The molecule has 1 aliphatic rings. The number of rotatable bonds is 2. The lowest BCUT2D eigenvalue weighted by Crippen LogP contribution is -2.13. The fourth-order valence-electron chi connectivity index (χ4n) is 1.50. The molecule has 0 amide bonds. The summed E-state index contributed by atoms with van der Waals surface area (Å²) in [5, 5.41) is 0. The van der Waals surface area contributed by atoms with Crippen LogP contribution in [0.1, 0.15) is 24.4 Å². The van der Waals surface area contributed by atoms with Gasteiger partial charge in [0.05, 0.1) is 3.57 Å². The summed E-state index contributed by atoms with van der Waals surface area (Å²) in [6.07, 6.45) is 2.13. The Morgan fingerprint density at radius 2 is 1.79 bits per heavy atom. The third kappa shape index (κ3) is 1.91. The molecule has 1 fully saturated rings. The second-order valence-electron chi connectivity index (χ2n) is 3.66. The lowest BCUT2D eigenvalue weighted by Gasteiger charge is -2.11. The smallest absolute Gasteiger partial charge is 0.139 e. The monoisotopic (exact) mass is 309 g/mol. The molecule has 0 unspecified atom stereocenters. The zero-order chi connectivity index (χ0) is 10.3. The van der Waals surface area contributed by atoms with E-state index in [4.69, 9.17) is 5.73 Å². The van der Waals surface area contributed by atoms with E-state index in [1.165, 1.54) is 12.1 Å². The standard InChI is InChI=1S/C10H10F2IN/c11-7-3-6(4-8(12)9(7)13)10(14)5-1-2-5/h3-5,10H,1-2,14H2/t10-/m0/s1. The minimum Gasteiger partial charge on any atom is -0.324 e. The lowest BCUT2D eigenvalue weighted by atomic mass is 10.0. The first kappa shape index (κ1) is 10.3. The van der Waals surface area contributed by atoms with Crippen LogP contribution in [0.5, 0.6) is 0 Å². The molecular weight excluding hydrogens is 299 g/mol. The van der Waals surface area contributed by atoms with Crippen LogP contribution in [0.15, 0.2) is 12.1 Å². The van der Waals surface area contributed by atoms with E-state index in [1.54, 1.807) is 22.6 Å². The van der Waals surface area contributed by atoms with E-state index in [0.717, 1.165) is 12.8 Å². The predicted octanol–water partition coefficient (Wildman–Crippen LogP) is 2.98. The van der Waals surface area contributed by atoms with Gasteiger partial charge in [0.15, 0.2) is 0 Å². The van der Waals surface area contributed by atoms with Gasteiger partial charge in [-0.15, -0.1) is 0 Å². The van der Waals surface area contributed by atoms with Crippen LogP contribution in [0.2, 0.25) is 0 Å². The number of benzene rings is 1. The Labute approximate surface area is 94.8 Å². The van der Waals surface area contributed by atoms with Crippen LogP contribution >= 0.6 is 22.6 Å². The fourth-order valence-corrected chi connectivity index (χ4v) is 1.81. The van der Waals surface area contributed by atoms with Crippen molar-refractivity contribution in [2.24, 2.45) is 11.7 Å². The molecule has 0 heterocycles. The van der Waals surface area contributed by atoms with Gasteiger partial charge in [-0.1, -0.05) is 0 Å². The molecule has 2 N–H and O–H groups in total. The molecule has 1 aromatic rings. The summed E-state index contributed by atoms with van der Waals surface area (Å²) in [7, 11) is 0. The molecule has 1 aliphatic carbocycles. The van der Waals surface area contributed by atoms with Gasteiger partial charge in [-0.05, 0) is 59.0 Å². The Kier molecular flexibility index (Phi) is 2.74. The molecule has 0 saturated heterocycles. The summed E-state index contributed by atoms with van der Waals surface area (Å²) in [5.41, 5.74) is 6.42. The Bertz CT molecular complexity index is 340. The topological polar surface area (TPSA) is 26.0 Å². The van der Waals surface area contributed by atoms with Crippen molar-refractivity contribution < 1.29 is 8.78 Å². The average Bonchev–Trinajstić information content (AvgIpc) is 2.95. The minimum atomic E-state index is -0.517. The molecule has 0 aliphatic heterocycles. The van der Waals surface area contributed by atoms with Gasteiger partial charge in [-0.2, -0.15) is 0 Å². The summed E-state index contributed by atoms with van der Waals surface area (Å²) < 4.78 is 26.4. The largest absolute Gasteiger partial charge is 0.324 e. The molecule has 4 heteroatoms. The van der Waals surface area contributed by atoms with E-state index in [1.807, 2.05) is 0 Å². The molecule has 1 saturated carbocycles. The molecule has 1 nitrogen and oxygen atoms in total. The maximum absolute atomic E-state index is 13.2. The second kappa shape index (κ2) is 3.73. The normalized spacial score (nSPS) is 18.3.